The number of hydrogen-bond donors (Lipinski definition) is 3. The average Bonchev–Trinajstić information content (AvgIpc) is 3.25. The predicted octanol–water partition coefficient (Wildman–Crippen LogP) is 2.57. The van der Waals surface area contributed by atoms with Crippen molar-refractivity contribution in [2.75, 3.05) is 20.3 Å². The Morgan fingerprint density at radius 1 is 1.24 bits per heavy atom. The van der Waals surface area contributed by atoms with E-state index in [9.17, 15) is 10.1 Å². The summed E-state index contributed by atoms with van der Waals surface area (Å²) in [7, 11) is 1.48. The smallest absolute Gasteiger partial charge is 0.255 e. The van der Waals surface area contributed by atoms with Gasteiger partial charge >= 0.3 is 0 Å². The monoisotopic (exact) mass is 461 g/mol. The molecule has 2 heterocycles. The summed E-state index contributed by atoms with van der Waals surface area (Å²) in [5.41, 5.74) is 14.3. The first-order valence-corrected chi connectivity index (χ1v) is 10.4. The van der Waals surface area contributed by atoms with Crippen LogP contribution in [0.1, 0.15) is 24.0 Å². The highest BCUT2D eigenvalue weighted by atomic mass is 16.5. The Morgan fingerprint density at radius 2 is 2.06 bits per heavy atom. The summed E-state index contributed by atoms with van der Waals surface area (Å²) in [6, 6.07) is 14.8. The normalized spacial score (nSPS) is 14.6. The van der Waals surface area contributed by atoms with E-state index in [1.807, 2.05) is 31.2 Å². The molecule has 0 fully saturated rings. The molecule has 3 aromatic rings. The third kappa shape index (κ3) is 4.19. The Bertz CT molecular complexity index is 1310. The van der Waals surface area contributed by atoms with Crippen molar-refractivity contribution >= 4 is 5.91 Å². The Kier molecular flexibility index (Phi) is 6.27. The van der Waals surface area contributed by atoms with E-state index in [0.29, 0.717) is 40.7 Å². The number of amides is 1. The molecule has 174 valence electrons. The fourth-order valence-corrected chi connectivity index (χ4v) is 3.84. The molecular weight excluding hydrogens is 438 g/mol. The van der Waals surface area contributed by atoms with Crippen molar-refractivity contribution < 1.29 is 23.7 Å². The van der Waals surface area contributed by atoms with Crippen molar-refractivity contribution in [1.29, 1.82) is 5.26 Å². The van der Waals surface area contributed by atoms with Gasteiger partial charge in [0.05, 0.1) is 30.9 Å². The summed E-state index contributed by atoms with van der Waals surface area (Å²) in [5.74, 6) is 0.429. The molecule has 1 aliphatic rings. The maximum Gasteiger partial charge on any atom is 0.255 e. The largest absolute Gasteiger partial charge is 0.494 e. The molecule has 0 bridgehead atoms. The number of nitrogens with one attached hydrogen (secondary N) is 1. The maximum atomic E-state index is 11.1. The van der Waals surface area contributed by atoms with Crippen LogP contribution in [-0.2, 0) is 4.79 Å². The number of methoxy groups -OCH3 is 1. The lowest BCUT2D eigenvalue weighted by Gasteiger charge is -2.25. The van der Waals surface area contributed by atoms with Crippen molar-refractivity contribution in [2.24, 2.45) is 11.5 Å². The van der Waals surface area contributed by atoms with Crippen molar-refractivity contribution in [1.82, 2.24) is 10.2 Å². The van der Waals surface area contributed by atoms with Gasteiger partial charge in [-0.1, -0.05) is 18.2 Å². The number of nitriles is 1. The van der Waals surface area contributed by atoms with E-state index in [2.05, 4.69) is 16.3 Å². The van der Waals surface area contributed by atoms with Gasteiger partial charge in [-0.3, -0.25) is 9.89 Å². The highest BCUT2D eigenvalue weighted by Crippen LogP contribution is 2.47. The summed E-state index contributed by atoms with van der Waals surface area (Å²) in [6.07, 6.45) is 0. The summed E-state index contributed by atoms with van der Waals surface area (Å²) < 4.78 is 22.2. The number of aromatic nitrogens is 2. The molecule has 1 amide bonds. The molecular formula is C24H23N5O5. The molecule has 1 atom stereocenters. The van der Waals surface area contributed by atoms with E-state index in [1.165, 1.54) is 7.11 Å². The van der Waals surface area contributed by atoms with Crippen LogP contribution in [0.3, 0.4) is 0 Å². The first kappa shape index (κ1) is 22.5. The molecule has 0 spiro atoms. The summed E-state index contributed by atoms with van der Waals surface area (Å²) in [5, 5.41) is 17.2. The Balaban J connectivity index is 1.84. The molecule has 1 aromatic heterocycles. The number of nitrogens with zero attached hydrogens (tertiary/aromatic N) is 2. The molecule has 5 N–H and O–H groups in total. The van der Waals surface area contributed by atoms with Gasteiger partial charge in [-0.15, -0.1) is 5.10 Å². The number of hydrogen-bond acceptors (Lipinski definition) is 8. The predicted molar refractivity (Wildman–Crippen MR) is 122 cm³/mol. The molecule has 2 aromatic carbocycles. The zero-order chi connectivity index (χ0) is 24.2. The summed E-state index contributed by atoms with van der Waals surface area (Å²) >= 11 is 0. The van der Waals surface area contributed by atoms with Gasteiger partial charge in [0, 0.05) is 5.56 Å². The molecule has 0 saturated heterocycles. The fourth-order valence-electron chi connectivity index (χ4n) is 3.84. The number of benzene rings is 2. The first-order valence-electron chi connectivity index (χ1n) is 10.4. The van der Waals surface area contributed by atoms with E-state index in [0.717, 1.165) is 5.56 Å². The van der Waals surface area contributed by atoms with Gasteiger partial charge in [-0.05, 0) is 36.8 Å². The van der Waals surface area contributed by atoms with Crippen molar-refractivity contribution in [3.05, 3.63) is 65.0 Å². The zero-order valence-electron chi connectivity index (χ0n) is 18.6. The molecule has 1 aliphatic heterocycles. The van der Waals surface area contributed by atoms with Crippen LogP contribution in [0, 0.1) is 11.3 Å². The van der Waals surface area contributed by atoms with Gasteiger partial charge in [-0.25, -0.2) is 0 Å². The van der Waals surface area contributed by atoms with E-state index in [4.69, 9.17) is 30.4 Å². The second kappa shape index (κ2) is 9.46. The number of fused-ring (bicyclic) bond motifs is 1. The van der Waals surface area contributed by atoms with Gasteiger partial charge < -0.3 is 30.4 Å². The van der Waals surface area contributed by atoms with Crippen molar-refractivity contribution in [3.63, 3.8) is 0 Å². The lowest BCUT2D eigenvalue weighted by molar-refractivity contribution is -0.119. The van der Waals surface area contributed by atoms with Crippen LogP contribution in [0.5, 0.6) is 23.1 Å². The van der Waals surface area contributed by atoms with Gasteiger partial charge in [-0.2, -0.15) is 5.26 Å². The number of primary amides is 1. The SMILES string of the molecule is CCOc1cccc(-c2[nH]nc3c2C(c2ccc(OCC(N)=O)c(OC)c2)C(C#N)=C(N)O3)c1. The fraction of sp³-hybridized carbons (Fsp3) is 0.208. The zero-order valence-corrected chi connectivity index (χ0v) is 18.6. The molecule has 0 radical (unpaired) electrons. The summed E-state index contributed by atoms with van der Waals surface area (Å²) in [4.78, 5) is 11.1. The molecule has 34 heavy (non-hydrogen) atoms. The number of ether oxygens (including phenoxy) is 4. The van der Waals surface area contributed by atoms with E-state index >= 15 is 0 Å². The quantitative estimate of drug-likeness (QED) is 0.462. The number of H-pyrrole nitrogens is 1. The molecule has 0 saturated carbocycles. The number of aromatic amines is 1. The van der Waals surface area contributed by atoms with Gasteiger partial charge in [0.15, 0.2) is 18.1 Å². The minimum Gasteiger partial charge on any atom is -0.494 e. The highest BCUT2D eigenvalue weighted by molar-refractivity contribution is 5.75. The van der Waals surface area contributed by atoms with Crippen LogP contribution >= 0.6 is 0 Å². The van der Waals surface area contributed by atoms with Crippen LogP contribution in [0.4, 0.5) is 0 Å². The van der Waals surface area contributed by atoms with Crippen LogP contribution < -0.4 is 30.4 Å². The van der Waals surface area contributed by atoms with Gasteiger partial charge in [0.1, 0.15) is 17.4 Å². The van der Waals surface area contributed by atoms with E-state index in [1.54, 1.807) is 18.2 Å². The highest BCUT2D eigenvalue weighted by Gasteiger charge is 2.36. The average molecular weight is 461 g/mol. The number of carbonyl (C=O) groups excluding carboxylic acids is 1. The van der Waals surface area contributed by atoms with Gasteiger partial charge in [0.2, 0.25) is 11.8 Å². The molecule has 0 aliphatic carbocycles. The van der Waals surface area contributed by atoms with E-state index < -0.39 is 11.8 Å². The Morgan fingerprint density at radius 3 is 2.76 bits per heavy atom. The van der Waals surface area contributed by atoms with Gasteiger partial charge in [0.25, 0.3) is 5.91 Å². The molecule has 10 heteroatoms. The van der Waals surface area contributed by atoms with Crippen molar-refractivity contribution in [2.45, 2.75) is 12.8 Å². The number of carbonyl (C=O) groups is 1. The lowest BCUT2D eigenvalue weighted by atomic mass is 9.83. The minimum atomic E-state index is -0.611. The number of allylic oxidation sites excluding steroid dienone is 1. The molecule has 4 rings (SSSR count). The second-order valence-electron chi connectivity index (χ2n) is 7.37. The minimum absolute atomic E-state index is 0.0332. The lowest BCUT2D eigenvalue weighted by Crippen LogP contribution is -2.21. The van der Waals surface area contributed by atoms with Crippen LogP contribution in [0.2, 0.25) is 0 Å². The number of rotatable bonds is 8. The number of nitrogens with two attached hydrogens (primary N) is 2. The second-order valence-corrected chi connectivity index (χ2v) is 7.37. The Hall–Kier alpha value is -4.65. The van der Waals surface area contributed by atoms with E-state index in [-0.39, 0.29) is 23.9 Å². The van der Waals surface area contributed by atoms with Crippen LogP contribution in [0.15, 0.2) is 53.9 Å². The summed E-state index contributed by atoms with van der Waals surface area (Å²) in [6.45, 7) is 2.14. The van der Waals surface area contributed by atoms with Crippen molar-refractivity contribution in [3.8, 4) is 40.5 Å². The molecule has 1 unspecified atom stereocenters. The van der Waals surface area contributed by atoms with Crippen LogP contribution in [-0.4, -0.2) is 36.4 Å². The first-order chi connectivity index (χ1) is 16.5. The third-order valence-corrected chi connectivity index (χ3v) is 5.26. The standard InChI is InChI=1S/C24H23N5O5/c1-3-32-15-6-4-5-14(9-15)22-21-20(16(11-25)23(27)34-24(21)29-28-22)13-7-8-17(18(10-13)31-2)33-12-19(26)30/h4-10,20H,3,12,27H2,1-2H3,(H2,26,30)(H,28,29). The topological polar surface area (TPSA) is 158 Å². The Labute approximate surface area is 195 Å². The molecule has 10 nitrogen and oxygen atoms in total. The third-order valence-electron chi connectivity index (χ3n) is 5.26. The van der Waals surface area contributed by atoms with Crippen LogP contribution in [0.25, 0.3) is 11.3 Å². The maximum absolute atomic E-state index is 11.1.